The van der Waals surface area contributed by atoms with Crippen LogP contribution in [-0.4, -0.2) is 37.5 Å². The Morgan fingerprint density at radius 3 is 2.89 bits per heavy atom. The van der Waals surface area contributed by atoms with Crippen LogP contribution in [0.3, 0.4) is 0 Å². The van der Waals surface area contributed by atoms with E-state index < -0.39 is 0 Å². The summed E-state index contributed by atoms with van der Waals surface area (Å²) in [6.45, 7) is 2.77. The Morgan fingerprint density at radius 2 is 2.21 bits per heavy atom. The fraction of sp³-hybridized carbons (Fsp3) is 0.500. The predicted molar refractivity (Wildman–Crippen MR) is 89.0 cm³/mol. The highest BCUT2D eigenvalue weighted by molar-refractivity contribution is 14.1. The minimum atomic E-state index is 0. The molecule has 1 N–H and O–H groups in total. The molecule has 1 unspecified atom stereocenters. The maximum Gasteiger partial charge on any atom is 0.254 e. The Morgan fingerprint density at radius 1 is 1.47 bits per heavy atom. The van der Waals surface area contributed by atoms with Crippen molar-refractivity contribution in [2.45, 2.75) is 12.8 Å². The van der Waals surface area contributed by atoms with Gasteiger partial charge in [0.25, 0.3) is 5.91 Å². The van der Waals surface area contributed by atoms with E-state index in [1.165, 1.54) is 6.42 Å². The standard InChI is InChI=1S/C14H19IN2O.ClH/c1-16-9-11-5-4-8-17(10-11)14(18)12-6-2-3-7-13(12)15;/h2-3,6-7,11,16H,4-5,8-10H2,1H3;1H. The number of nitrogens with one attached hydrogen (secondary N) is 1. The fourth-order valence-electron chi connectivity index (χ4n) is 2.51. The lowest BCUT2D eigenvalue weighted by Gasteiger charge is -2.33. The maximum absolute atomic E-state index is 12.5. The van der Waals surface area contributed by atoms with Gasteiger partial charge in [-0.25, -0.2) is 0 Å². The van der Waals surface area contributed by atoms with Crippen LogP contribution >= 0.6 is 35.0 Å². The first-order valence-corrected chi connectivity index (χ1v) is 7.48. The summed E-state index contributed by atoms with van der Waals surface area (Å²) in [7, 11) is 1.97. The Bertz CT molecular complexity index is 426. The quantitative estimate of drug-likeness (QED) is 0.800. The van der Waals surface area contributed by atoms with Gasteiger partial charge in [-0.05, 0) is 67.1 Å². The second-order valence-electron chi connectivity index (χ2n) is 4.80. The van der Waals surface area contributed by atoms with E-state index in [2.05, 4.69) is 27.9 Å². The number of amides is 1. The summed E-state index contributed by atoms with van der Waals surface area (Å²) >= 11 is 2.23. The number of hydrogen-bond acceptors (Lipinski definition) is 2. The molecule has 1 aromatic carbocycles. The van der Waals surface area contributed by atoms with Gasteiger partial charge >= 0.3 is 0 Å². The molecule has 0 bridgehead atoms. The first-order valence-electron chi connectivity index (χ1n) is 6.40. The van der Waals surface area contributed by atoms with Crippen molar-refractivity contribution in [3.8, 4) is 0 Å². The van der Waals surface area contributed by atoms with Crippen LogP contribution in [0.15, 0.2) is 24.3 Å². The number of piperidine rings is 1. The predicted octanol–water partition coefficient (Wildman–Crippen LogP) is 2.78. The summed E-state index contributed by atoms with van der Waals surface area (Å²) in [6, 6.07) is 7.82. The minimum absolute atomic E-state index is 0. The molecule has 1 aliphatic rings. The van der Waals surface area contributed by atoms with Gasteiger partial charge in [-0.3, -0.25) is 4.79 Å². The number of carbonyl (C=O) groups is 1. The third-order valence-corrected chi connectivity index (χ3v) is 4.34. The van der Waals surface area contributed by atoms with Crippen molar-refractivity contribution < 1.29 is 4.79 Å². The largest absolute Gasteiger partial charge is 0.338 e. The van der Waals surface area contributed by atoms with E-state index in [1.807, 2.05) is 36.2 Å². The molecule has 0 saturated carbocycles. The molecule has 0 radical (unpaired) electrons. The molecule has 1 amide bonds. The SMILES string of the molecule is CNCC1CCCN(C(=O)c2ccccc2I)C1.Cl. The molecule has 0 spiro atoms. The molecule has 1 heterocycles. The van der Waals surface area contributed by atoms with Gasteiger partial charge in [0.1, 0.15) is 0 Å². The summed E-state index contributed by atoms with van der Waals surface area (Å²) in [5, 5.41) is 3.21. The van der Waals surface area contributed by atoms with Crippen molar-refractivity contribution in [1.82, 2.24) is 10.2 Å². The van der Waals surface area contributed by atoms with Gasteiger partial charge in [-0.15, -0.1) is 12.4 Å². The summed E-state index contributed by atoms with van der Waals surface area (Å²) in [6.07, 6.45) is 2.33. The van der Waals surface area contributed by atoms with E-state index in [9.17, 15) is 4.79 Å². The Labute approximate surface area is 134 Å². The highest BCUT2D eigenvalue weighted by atomic mass is 127. The monoisotopic (exact) mass is 394 g/mol. The number of hydrogen-bond donors (Lipinski definition) is 1. The Hall–Kier alpha value is -0.330. The molecule has 0 aliphatic carbocycles. The minimum Gasteiger partial charge on any atom is -0.338 e. The molecule has 1 saturated heterocycles. The van der Waals surface area contributed by atoms with Crippen LogP contribution < -0.4 is 5.32 Å². The third kappa shape index (κ3) is 4.33. The first kappa shape index (κ1) is 16.7. The van der Waals surface area contributed by atoms with Crippen LogP contribution in [0.5, 0.6) is 0 Å². The van der Waals surface area contributed by atoms with Crippen molar-refractivity contribution in [1.29, 1.82) is 0 Å². The van der Waals surface area contributed by atoms with Crippen molar-refractivity contribution in [2.24, 2.45) is 5.92 Å². The molecule has 1 atom stereocenters. The lowest BCUT2D eigenvalue weighted by molar-refractivity contribution is 0.0673. The number of benzene rings is 1. The smallest absolute Gasteiger partial charge is 0.254 e. The van der Waals surface area contributed by atoms with Gasteiger partial charge in [0.15, 0.2) is 0 Å². The molecule has 106 valence electrons. The molecule has 3 nitrogen and oxygen atoms in total. The zero-order valence-electron chi connectivity index (χ0n) is 11.1. The molecule has 5 heteroatoms. The average molecular weight is 395 g/mol. The summed E-state index contributed by atoms with van der Waals surface area (Å²) in [5.74, 6) is 0.773. The molecular formula is C14H20ClIN2O. The summed E-state index contributed by atoms with van der Waals surface area (Å²) in [5.41, 5.74) is 0.836. The average Bonchev–Trinajstić information content (AvgIpc) is 2.39. The van der Waals surface area contributed by atoms with Gasteiger partial charge in [0.2, 0.25) is 0 Å². The van der Waals surface area contributed by atoms with Crippen LogP contribution in [0.25, 0.3) is 0 Å². The highest BCUT2D eigenvalue weighted by Gasteiger charge is 2.24. The molecule has 19 heavy (non-hydrogen) atoms. The lowest BCUT2D eigenvalue weighted by atomic mass is 9.97. The number of carbonyl (C=O) groups excluding carboxylic acids is 1. The van der Waals surface area contributed by atoms with Crippen molar-refractivity contribution in [3.63, 3.8) is 0 Å². The zero-order valence-corrected chi connectivity index (χ0v) is 14.0. The van der Waals surface area contributed by atoms with Gasteiger partial charge < -0.3 is 10.2 Å². The Kier molecular flexibility index (Phi) is 7.10. The Balaban J connectivity index is 0.00000180. The number of nitrogens with zero attached hydrogens (tertiary/aromatic N) is 1. The molecule has 2 rings (SSSR count). The topological polar surface area (TPSA) is 32.3 Å². The molecular weight excluding hydrogens is 375 g/mol. The third-order valence-electron chi connectivity index (χ3n) is 3.40. The molecule has 1 aliphatic heterocycles. The fourth-order valence-corrected chi connectivity index (χ4v) is 3.13. The number of likely N-dealkylation sites (tertiary alicyclic amines) is 1. The van der Waals surface area contributed by atoms with Crippen LogP contribution in [0, 0.1) is 9.49 Å². The summed E-state index contributed by atoms with van der Waals surface area (Å²) in [4.78, 5) is 14.5. The van der Waals surface area contributed by atoms with Crippen LogP contribution in [0.4, 0.5) is 0 Å². The number of halogens is 2. The number of rotatable bonds is 3. The summed E-state index contributed by atoms with van der Waals surface area (Å²) < 4.78 is 1.04. The first-order chi connectivity index (χ1) is 8.72. The van der Waals surface area contributed by atoms with Gasteiger partial charge in [-0.1, -0.05) is 12.1 Å². The van der Waals surface area contributed by atoms with Gasteiger partial charge in [0.05, 0.1) is 5.56 Å². The second-order valence-corrected chi connectivity index (χ2v) is 5.96. The van der Waals surface area contributed by atoms with Crippen molar-refractivity contribution in [2.75, 3.05) is 26.7 Å². The van der Waals surface area contributed by atoms with Crippen LogP contribution in [0.2, 0.25) is 0 Å². The normalized spacial score (nSPS) is 18.8. The van der Waals surface area contributed by atoms with Crippen LogP contribution in [-0.2, 0) is 0 Å². The zero-order chi connectivity index (χ0) is 13.0. The van der Waals surface area contributed by atoms with E-state index in [-0.39, 0.29) is 18.3 Å². The van der Waals surface area contributed by atoms with E-state index >= 15 is 0 Å². The van der Waals surface area contributed by atoms with Gasteiger partial charge in [-0.2, -0.15) is 0 Å². The maximum atomic E-state index is 12.5. The van der Waals surface area contributed by atoms with E-state index in [0.29, 0.717) is 5.92 Å². The highest BCUT2D eigenvalue weighted by Crippen LogP contribution is 2.20. The van der Waals surface area contributed by atoms with E-state index in [1.54, 1.807) is 0 Å². The second kappa shape index (κ2) is 8.07. The molecule has 1 fully saturated rings. The van der Waals surface area contributed by atoms with Crippen molar-refractivity contribution >= 4 is 40.9 Å². The molecule has 0 aromatic heterocycles. The van der Waals surface area contributed by atoms with Crippen LogP contribution in [0.1, 0.15) is 23.2 Å². The lowest BCUT2D eigenvalue weighted by Crippen LogP contribution is -2.42. The van der Waals surface area contributed by atoms with Gasteiger partial charge in [0, 0.05) is 16.7 Å². The van der Waals surface area contributed by atoms with E-state index in [0.717, 1.165) is 35.2 Å². The van der Waals surface area contributed by atoms with E-state index in [4.69, 9.17) is 0 Å². The molecule has 1 aromatic rings. The van der Waals surface area contributed by atoms with Crippen molar-refractivity contribution in [3.05, 3.63) is 33.4 Å².